The van der Waals surface area contributed by atoms with Gasteiger partial charge in [0, 0.05) is 19.3 Å². The molecule has 0 aliphatic carbocycles. The first-order valence-electron chi connectivity index (χ1n) is 6.16. The van der Waals surface area contributed by atoms with Crippen molar-refractivity contribution in [3.05, 3.63) is 12.4 Å². The Morgan fingerprint density at radius 1 is 1.65 bits per heavy atom. The third-order valence-electron chi connectivity index (χ3n) is 2.57. The Morgan fingerprint density at radius 2 is 2.35 bits per heavy atom. The number of hydrogen-bond donors (Lipinski definition) is 2. The number of nitrogens with zero attached hydrogens (tertiary/aromatic N) is 4. The normalized spacial score (nSPS) is 11.4. The van der Waals surface area contributed by atoms with E-state index in [1.165, 1.54) is 22.0 Å². The maximum atomic E-state index is 12.0. The Balaban J connectivity index is 2.62. The second kappa shape index (κ2) is 7.13. The molecule has 1 rings (SSSR count). The maximum Gasteiger partial charge on any atom is 0.325 e. The lowest BCUT2D eigenvalue weighted by molar-refractivity contribution is -0.137. The van der Waals surface area contributed by atoms with Gasteiger partial charge in [-0.1, -0.05) is 0 Å². The quantitative estimate of drug-likeness (QED) is 0.806. The van der Waals surface area contributed by atoms with E-state index in [9.17, 15) is 9.59 Å². The molecule has 0 saturated carbocycles. The first-order valence-corrected chi connectivity index (χ1v) is 6.16. The lowest BCUT2D eigenvalue weighted by atomic mass is 10.2. The highest BCUT2D eigenvalue weighted by molar-refractivity contribution is 5.89. The molecule has 1 aromatic heterocycles. The molecule has 108 valence electrons. The van der Waals surface area contributed by atoms with Gasteiger partial charge in [-0.05, 0) is 13.8 Å². The number of aromatic nitrogens is 2. The summed E-state index contributed by atoms with van der Waals surface area (Å²) in [6.07, 6.45) is 2.82. The van der Waals surface area contributed by atoms with E-state index in [2.05, 4.69) is 16.5 Å². The number of urea groups is 1. The molecular formula is C12H17N5O3. The van der Waals surface area contributed by atoms with E-state index in [0.29, 0.717) is 18.8 Å². The Hall–Kier alpha value is -2.56. The summed E-state index contributed by atoms with van der Waals surface area (Å²) in [7, 11) is 0. The topological polar surface area (TPSA) is 111 Å². The predicted molar refractivity (Wildman–Crippen MR) is 70.9 cm³/mol. The van der Waals surface area contributed by atoms with Gasteiger partial charge in [-0.25, -0.2) is 4.79 Å². The van der Waals surface area contributed by atoms with Gasteiger partial charge in [-0.2, -0.15) is 10.4 Å². The van der Waals surface area contributed by atoms with Gasteiger partial charge in [0.15, 0.2) is 0 Å². The Kier molecular flexibility index (Phi) is 5.53. The predicted octanol–water partition coefficient (Wildman–Crippen LogP) is 0.981. The second-order valence-electron chi connectivity index (χ2n) is 4.32. The van der Waals surface area contributed by atoms with Crippen molar-refractivity contribution in [2.24, 2.45) is 5.92 Å². The van der Waals surface area contributed by atoms with E-state index in [1.54, 1.807) is 6.92 Å². The molecule has 8 nitrogen and oxygen atoms in total. The SMILES string of the molecule is CCN(CC(C)C#N)C(=O)Nc1cnn(CC(=O)O)c1. The minimum Gasteiger partial charge on any atom is -0.480 e. The summed E-state index contributed by atoms with van der Waals surface area (Å²) in [4.78, 5) is 24.0. The van der Waals surface area contributed by atoms with Gasteiger partial charge in [0.25, 0.3) is 0 Å². The summed E-state index contributed by atoms with van der Waals surface area (Å²) in [6, 6.07) is 1.73. The van der Waals surface area contributed by atoms with Crippen LogP contribution in [-0.2, 0) is 11.3 Å². The molecule has 0 fully saturated rings. The van der Waals surface area contributed by atoms with Crippen LogP contribution in [0.4, 0.5) is 10.5 Å². The molecule has 20 heavy (non-hydrogen) atoms. The van der Waals surface area contributed by atoms with Crippen LogP contribution in [0.5, 0.6) is 0 Å². The van der Waals surface area contributed by atoms with Crippen LogP contribution >= 0.6 is 0 Å². The fourth-order valence-electron chi connectivity index (χ4n) is 1.58. The molecule has 2 amide bonds. The molecule has 1 atom stereocenters. The van der Waals surface area contributed by atoms with E-state index >= 15 is 0 Å². The van der Waals surface area contributed by atoms with Crippen molar-refractivity contribution < 1.29 is 14.7 Å². The Bertz CT molecular complexity index is 519. The zero-order valence-corrected chi connectivity index (χ0v) is 11.4. The van der Waals surface area contributed by atoms with Gasteiger partial charge in [0.05, 0.1) is 23.9 Å². The summed E-state index contributed by atoms with van der Waals surface area (Å²) < 4.78 is 1.21. The maximum absolute atomic E-state index is 12.0. The van der Waals surface area contributed by atoms with Gasteiger partial charge in [0.2, 0.25) is 0 Å². The van der Waals surface area contributed by atoms with Crippen molar-refractivity contribution in [1.29, 1.82) is 5.26 Å². The van der Waals surface area contributed by atoms with Gasteiger partial charge >= 0.3 is 12.0 Å². The number of rotatable bonds is 6. The van der Waals surface area contributed by atoms with Crippen LogP contribution < -0.4 is 5.32 Å². The number of nitriles is 1. The zero-order valence-electron chi connectivity index (χ0n) is 11.4. The average molecular weight is 279 g/mol. The van der Waals surface area contributed by atoms with E-state index in [4.69, 9.17) is 10.4 Å². The fraction of sp³-hybridized carbons (Fsp3) is 0.500. The van der Waals surface area contributed by atoms with Crippen LogP contribution in [0.2, 0.25) is 0 Å². The molecule has 1 unspecified atom stereocenters. The Labute approximate surface area is 116 Å². The molecule has 0 aliphatic heterocycles. The van der Waals surface area contributed by atoms with Crippen LogP contribution in [-0.4, -0.2) is 44.9 Å². The molecule has 0 aliphatic rings. The number of carboxylic acids is 1. The molecule has 0 aromatic carbocycles. The summed E-state index contributed by atoms with van der Waals surface area (Å²) in [5.41, 5.74) is 0.416. The van der Waals surface area contributed by atoms with Gasteiger partial charge in [-0.3, -0.25) is 9.48 Å². The highest BCUT2D eigenvalue weighted by Crippen LogP contribution is 2.07. The van der Waals surface area contributed by atoms with Crippen LogP contribution in [0.15, 0.2) is 12.4 Å². The number of carbonyl (C=O) groups is 2. The zero-order chi connectivity index (χ0) is 15.1. The van der Waals surface area contributed by atoms with Gasteiger partial charge in [0.1, 0.15) is 6.54 Å². The van der Waals surface area contributed by atoms with E-state index in [0.717, 1.165) is 0 Å². The van der Waals surface area contributed by atoms with Crippen molar-refractivity contribution in [1.82, 2.24) is 14.7 Å². The number of carboxylic acid groups (broad SMARTS) is 1. The lowest BCUT2D eigenvalue weighted by Gasteiger charge is -2.21. The summed E-state index contributed by atoms with van der Waals surface area (Å²) in [5.74, 6) is -1.26. The molecule has 2 N–H and O–H groups in total. The van der Waals surface area contributed by atoms with Crippen LogP contribution in [0.3, 0.4) is 0 Å². The highest BCUT2D eigenvalue weighted by Gasteiger charge is 2.15. The molecule has 8 heteroatoms. The summed E-state index contributed by atoms with van der Waals surface area (Å²) >= 11 is 0. The van der Waals surface area contributed by atoms with Crippen molar-refractivity contribution in [2.45, 2.75) is 20.4 Å². The molecule has 1 aromatic rings. The number of anilines is 1. The number of nitrogens with one attached hydrogen (secondary N) is 1. The van der Waals surface area contributed by atoms with Gasteiger partial charge < -0.3 is 15.3 Å². The number of aliphatic carboxylic acids is 1. The average Bonchev–Trinajstić information content (AvgIpc) is 2.81. The molecular weight excluding hydrogens is 262 g/mol. The molecule has 0 saturated heterocycles. The van der Waals surface area contributed by atoms with Gasteiger partial charge in [-0.15, -0.1) is 0 Å². The number of hydrogen-bond acceptors (Lipinski definition) is 4. The van der Waals surface area contributed by atoms with Crippen molar-refractivity contribution in [2.75, 3.05) is 18.4 Å². The minimum absolute atomic E-state index is 0.254. The molecule has 0 spiro atoms. The minimum atomic E-state index is -1.01. The Morgan fingerprint density at radius 3 is 2.90 bits per heavy atom. The largest absolute Gasteiger partial charge is 0.480 e. The summed E-state index contributed by atoms with van der Waals surface area (Å²) in [6.45, 7) is 4.10. The number of amides is 2. The van der Waals surface area contributed by atoms with Crippen molar-refractivity contribution in [3.8, 4) is 6.07 Å². The third-order valence-corrected chi connectivity index (χ3v) is 2.57. The first kappa shape index (κ1) is 15.5. The smallest absolute Gasteiger partial charge is 0.325 e. The third kappa shape index (κ3) is 4.61. The molecule has 1 heterocycles. The van der Waals surface area contributed by atoms with Crippen LogP contribution in [0.1, 0.15) is 13.8 Å². The lowest BCUT2D eigenvalue weighted by Crippen LogP contribution is -2.37. The molecule has 0 radical (unpaired) electrons. The van der Waals surface area contributed by atoms with Crippen LogP contribution in [0.25, 0.3) is 0 Å². The monoisotopic (exact) mass is 279 g/mol. The fourth-order valence-corrected chi connectivity index (χ4v) is 1.58. The first-order chi connectivity index (χ1) is 9.46. The van der Waals surface area contributed by atoms with Crippen LogP contribution in [0, 0.1) is 17.2 Å². The second-order valence-corrected chi connectivity index (χ2v) is 4.32. The highest BCUT2D eigenvalue weighted by atomic mass is 16.4. The van der Waals surface area contributed by atoms with E-state index in [1.807, 2.05) is 6.92 Å². The molecule has 0 bridgehead atoms. The van der Waals surface area contributed by atoms with Crippen molar-refractivity contribution in [3.63, 3.8) is 0 Å². The van der Waals surface area contributed by atoms with Crippen molar-refractivity contribution >= 4 is 17.7 Å². The standard InChI is InChI=1S/C12H17N5O3/c1-3-16(6-9(2)4-13)12(20)15-10-5-14-17(7-10)8-11(18)19/h5,7,9H,3,6,8H2,1-2H3,(H,15,20)(H,18,19). The summed E-state index contributed by atoms with van der Waals surface area (Å²) in [5, 5.41) is 23.8. The van der Waals surface area contributed by atoms with E-state index < -0.39 is 5.97 Å². The number of carbonyl (C=O) groups excluding carboxylic acids is 1. The van der Waals surface area contributed by atoms with E-state index in [-0.39, 0.29) is 18.5 Å².